The molecule has 0 aliphatic rings. The number of hydrogen-bond donors (Lipinski definition) is 2. The van der Waals surface area contributed by atoms with E-state index >= 15 is 0 Å². The maximum atomic E-state index is 12.0. The molecule has 0 bridgehead atoms. The molecule has 0 unspecified atom stereocenters. The van der Waals surface area contributed by atoms with Crippen LogP contribution in [0.5, 0.6) is 0 Å². The number of aliphatic hydroxyl groups excluding tert-OH is 1. The van der Waals surface area contributed by atoms with E-state index in [4.69, 9.17) is 0 Å². The summed E-state index contributed by atoms with van der Waals surface area (Å²) >= 11 is 1.56. The number of carbonyl (C=O) groups excluding carboxylic acids is 1. The molecular weight excluding hydrogens is 298 g/mol. The van der Waals surface area contributed by atoms with Gasteiger partial charge in [-0.25, -0.2) is 4.98 Å². The van der Waals surface area contributed by atoms with Crippen LogP contribution >= 0.6 is 11.8 Å². The maximum absolute atomic E-state index is 12.0. The number of nitrogens with zero attached hydrogens (tertiary/aromatic N) is 2. The smallest absolute Gasteiger partial charge is 0.240 e. The van der Waals surface area contributed by atoms with Crippen LogP contribution < -0.4 is 5.32 Å². The van der Waals surface area contributed by atoms with Gasteiger partial charge in [0.25, 0.3) is 0 Å². The Morgan fingerprint density at radius 3 is 2.73 bits per heavy atom. The van der Waals surface area contributed by atoms with Crippen molar-refractivity contribution >= 4 is 17.7 Å². The molecule has 0 aliphatic heterocycles. The topological polar surface area (TPSA) is 67.2 Å². The SMILES string of the molecule is CC(C)NC(=O)Cn1c(CO)cnc1SCc1ccccc1. The van der Waals surface area contributed by atoms with Crippen LogP contribution in [0.2, 0.25) is 0 Å². The van der Waals surface area contributed by atoms with Gasteiger partial charge < -0.3 is 15.0 Å². The minimum absolute atomic E-state index is 0.0794. The standard InChI is InChI=1S/C16H21N3O2S/c1-12(2)18-15(21)9-19-14(10-20)8-17-16(19)22-11-13-6-4-3-5-7-13/h3-8,12,20H,9-11H2,1-2H3,(H,18,21). The molecule has 0 saturated heterocycles. The first kappa shape index (κ1) is 16.6. The van der Waals surface area contributed by atoms with Gasteiger partial charge in [-0.2, -0.15) is 0 Å². The third kappa shape index (κ3) is 4.61. The second kappa shape index (κ2) is 8.00. The van der Waals surface area contributed by atoms with Gasteiger partial charge in [-0.3, -0.25) is 4.79 Å². The Hall–Kier alpha value is -1.79. The normalized spacial score (nSPS) is 10.9. The van der Waals surface area contributed by atoms with Crippen molar-refractivity contribution in [3.05, 3.63) is 47.8 Å². The molecule has 1 heterocycles. The molecule has 2 aromatic rings. The Balaban J connectivity index is 2.07. The van der Waals surface area contributed by atoms with Crippen LogP contribution in [-0.4, -0.2) is 26.6 Å². The van der Waals surface area contributed by atoms with Crippen LogP contribution in [0.4, 0.5) is 0 Å². The molecule has 22 heavy (non-hydrogen) atoms. The largest absolute Gasteiger partial charge is 0.390 e. The number of benzene rings is 1. The number of carbonyl (C=O) groups is 1. The summed E-state index contributed by atoms with van der Waals surface area (Å²) in [5, 5.41) is 13.0. The summed E-state index contributed by atoms with van der Waals surface area (Å²) in [4.78, 5) is 16.3. The summed E-state index contributed by atoms with van der Waals surface area (Å²) in [5.74, 6) is 0.693. The minimum Gasteiger partial charge on any atom is -0.390 e. The van der Waals surface area contributed by atoms with Gasteiger partial charge in [-0.1, -0.05) is 42.1 Å². The van der Waals surface area contributed by atoms with Crippen molar-refractivity contribution in [3.63, 3.8) is 0 Å². The lowest BCUT2D eigenvalue weighted by Crippen LogP contribution is -2.33. The quantitative estimate of drug-likeness (QED) is 0.768. The second-order valence-corrected chi connectivity index (χ2v) is 6.22. The highest BCUT2D eigenvalue weighted by Gasteiger charge is 2.14. The molecule has 6 heteroatoms. The summed E-state index contributed by atoms with van der Waals surface area (Å²) in [7, 11) is 0. The fourth-order valence-electron chi connectivity index (χ4n) is 2.04. The fourth-order valence-corrected chi connectivity index (χ4v) is 2.99. The Morgan fingerprint density at radius 1 is 1.36 bits per heavy atom. The van der Waals surface area contributed by atoms with Crippen molar-refractivity contribution in [3.8, 4) is 0 Å². The molecule has 0 aliphatic carbocycles. The molecule has 1 aromatic heterocycles. The van der Waals surface area contributed by atoms with Crippen molar-refractivity contribution in [2.45, 2.75) is 44.0 Å². The molecule has 0 saturated carbocycles. The van der Waals surface area contributed by atoms with Gasteiger partial charge in [0.15, 0.2) is 5.16 Å². The lowest BCUT2D eigenvalue weighted by molar-refractivity contribution is -0.122. The molecular formula is C16H21N3O2S. The Bertz CT molecular complexity index is 611. The highest BCUT2D eigenvalue weighted by atomic mass is 32.2. The highest BCUT2D eigenvalue weighted by molar-refractivity contribution is 7.98. The van der Waals surface area contributed by atoms with Crippen LogP contribution in [0.15, 0.2) is 41.7 Å². The van der Waals surface area contributed by atoms with Crippen LogP contribution in [0.25, 0.3) is 0 Å². The number of thioether (sulfide) groups is 1. The third-order valence-electron chi connectivity index (χ3n) is 3.03. The first-order chi connectivity index (χ1) is 10.6. The number of amides is 1. The van der Waals surface area contributed by atoms with Gasteiger partial charge >= 0.3 is 0 Å². The van der Waals surface area contributed by atoms with E-state index in [1.165, 1.54) is 5.56 Å². The van der Waals surface area contributed by atoms with Crippen LogP contribution in [0.3, 0.4) is 0 Å². The first-order valence-electron chi connectivity index (χ1n) is 7.21. The van der Waals surface area contributed by atoms with Crippen LogP contribution in [0, 0.1) is 0 Å². The van der Waals surface area contributed by atoms with Gasteiger partial charge in [0.1, 0.15) is 6.54 Å². The number of nitrogens with one attached hydrogen (secondary N) is 1. The highest BCUT2D eigenvalue weighted by Crippen LogP contribution is 2.23. The predicted molar refractivity (Wildman–Crippen MR) is 87.4 cm³/mol. The third-order valence-corrected chi connectivity index (χ3v) is 4.09. The average Bonchev–Trinajstić information content (AvgIpc) is 2.87. The molecule has 1 aromatic carbocycles. The van der Waals surface area contributed by atoms with E-state index in [1.807, 2.05) is 32.0 Å². The van der Waals surface area contributed by atoms with Gasteiger partial charge in [-0.05, 0) is 19.4 Å². The minimum atomic E-state index is -0.131. The van der Waals surface area contributed by atoms with Crippen molar-refractivity contribution < 1.29 is 9.90 Å². The number of aromatic nitrogens is 2. The monoisotopic (exact) mass is 319 g/mol. The van der Waals surface area contributed by atoms with E-state index in [-0.39, 0.29) is 25.1 Å². The van der Waals surface area contributed by atoms with E-state index < -0.39 is 0 Å². The zero-order chi connectivity index (χ0) is 15.9. The van der Waals surface area contributed by atoms with Crippen molar-refractivity contribution in [1.82, 2.24) is 14.9 Å². The predicted octanol–water partition coefficient (Wildman–Crippen LogP) is 2.19. The average molecular weight is 319 g/mol. The zero-order valence-corrected chi connectivity index (χ0v) is 13.6. The van der Waals surface area contributed by atoms with Crippen molar-refractivity contribution in [2.75, 3.05) is 0 Å². The van der Waals surface area contributed by atoms with Gasteiger partial charge in [0.2, 0.25) is 5.91 Å². The molecule has 0 radical (unpaired) electrons. The van der Waals surface area contributed by atoms with E-state index in [0.717, 1.165) is 10.9 Å². The van der Waals surface area contributed by atoms with E-state index in [0.29, 0.717) is 5.69 Å². The van der Waals surface area contributed by atoms with Crippen LogP contribution in [0.1, 0.15) is 25.1 Å². The molecule has 118 valence electrons. The molecule has 0 atom stereocenters. The van der Waals surface area contributed by atoms with E-state index in [1.54, 1.807) is 22.5 Å². The molecule has 1 amide bonds. The number of rotatable bonds is 7. The maximum Gasteiger partial charge on any atom is 0.240 e. The summed E-state index contributed by atoms with van der Waals surface area (Å²) in [5.41, 5.74) is 1.84. The summed E-state index contributed by atoms with van der Waals surface area (Å²) in [6.07, 6.45) is 1.62. The Morgan fingerprint density at radius 2 is 2.09 bits per heavy atom. The van der Waals surface area contributed by atoms with Gasteiger partial charge in [0, 0.05) is 11.8 Å². The number of imidazole rings is 1. The van der Waals surface area contributed by atoms with Crippen molar-refractivity contribution in [1.29, 1.82) is 0 Å². The second-order valence-electron chi connectivity index (χ2n) is 5.27. The molecule has 0 spiro atoms. The fraction of sp³-hybridized carbons (Fsp3) is 0.375. The molecule has 5 nitrogen and oxygen atoms in total. The lowest BCUT2D eigenvalue weighted by Gasteiger charge is -2.12. The van der Waals surface area contributed by atoms with E-state index in [9.17, 15) is 9.90 Å². The molecule has 0 fully saturated rings. The van der Waals surface area contributed by atoms with E-state index in [2.05, 4.69) is 22.4 Å². The summed E-state index contributed by atoms with van der Waals surface area (Å²) in [6, 6.07) is 10.2. The zero-order valence-electron chi connectivity index (χ0n) is 12.8. The number of aliphatic hydroxyl groups is 1. The Labute approximate surface area is 134 Å². The summed E-state index contributed by atoms with van der Waals surface area (Å²) in [6.45, 7) is 3.88. The first-order valence-corrected chi connectivity index (χ1v) is 8.20. The Kier molecular flexibility index (Phi) is 6.03. The summed E-state index contributed by atoms with van der Waals surface area (Å²) < 4.78 is 1.77. The van der Waals surface area contributed by atoms with Crippen molar-refractivity contribution in [2.24, 2.45) is 0 Å². The molecule has 2 rings (SSSR count). The number of hydrogen-bond acceptors (Lipinski definition) is 4. The van der Waals surface area contributed by atoms with Gasteiger partial charge in [0.05, 0.1) is 18.5 Å². The molecule has 2 N–H and O–H groups in total. The van der Waals surface area contributed by atoms with Gasteiger partial charge in [-0.15, -0.1) is 0 Å². The lowest BCUT2D eigenvalue weighted by atomic mass is 10.2. The van der Waals surface area contributed by atoms with Crippen LogP contribution in [-0.2, 0) is 23.7 Å².